The minimum atomic E-state index is -0.439. The SMILES string of the molecule is CCCC(=O)ONC(=O)c1c[nH]c2ccccc12. The van der Waals surface area contributed by atoms with E-state index in [0.717, 1.165) is 10.9 Å². The summed E-state index contributed by atoms with van der Waals surface area (Å²) in [5, 5.41) is 0.793. The molecule has 1 amide bonds. The van der Waals surface area contributed by atoms with Crippen LogP contribution in [0.3, 0.4) is 0 Å². The first-order chi connectivity index (χ1) is 8.72. The second-order valence-corrected chi connectivity index (χ2v) is 3.90. The zero-order valence-corrected chi connectivity index (χ0v) is 10.0. The van der Waals surface area contributed by atoms with Crippen molar-refractivity contribution >= 4 is 22.8 Å². The number of hydrogen-bond donors (Lipinski definition) is 2. The molecule has 0 atom stereocenters. The third kappa shape index (κ3) is 2.51. The van der Waals surface area contributed by atoms with Crippen LogP contribution in [0, 0.1) is 0 Å². The van der Waals surface area contributed by atoms with Gasteiger partial charge in [-0.1, -0.05) is 25.1 Å². The maximum absolute atomic E-state index is 11.8. The number of carbonyl (C=O) groups excluding carboxylic acids is 2. The lowest BCUT2D eigenvalue weighted by atomic mass is 10.2. The number of amides is 1. The van der Waals surface area contributed by atoms with Crippen molar-refractivity contribution in [1.82, 2.24) is 10.5 Å². The molecule has 0 unspecified atom stereocenters. The van der Waals surface area contributed by atoms with Gasteiger partial charge in [-0.25, -0.2) is 4.79 Å². The Morgan fingerprint density at radius 3 is 2.89 bits per heavy atom. The van der Waals surface area contributed by atoms with Crippen LogP contribution in [0.5, 0.6) is 0 Å². The topological polar surface area (TPSA) is 71.2 Å². The Balaban J connectivity index is 2.07. The van der Waals surface area contributed by atoms with E-state index in [4.69, 9.17) is 0 Å². The van der Waals surface area contributed by atoms with Gasteiger partial charge in [-0.15, -0.1) is 0 Å². The smallest absolute Gasteiger partial charge is 0.332 e. The van der Waals surface area contributed by atoms with E-state index < -0.39 is 11.9 Å². The molecular formula is C13H14N2O3. The minimum absolute atomic E-state index is 0.286. The van der Waals surface area contributed by atoms with Gasteiger partial charge in [0.1, 0.15) is 0 Å². The van der Waals surface area contributed by atoms with Crippen molar-refractivity contribution in [2.45, 2.75) is 19.8 Å². The van der Waals surface area contributed by atoms with Crippen LogP contribution in [-0.2, 0) is 9.63 Å². The molecule has 2 aromatic rings. The molecular weight excluding hydrogens is 232 g/mol. The molecule has 0 radical (unpaired) electrons. The fourth-order valence-corrected chi connectivity index (χ4v) is 1.67. The summed E-state index contributed by atoms with van der Waals surface area (Å²) in [6.07, 6.45) is 2.56. The number of nitrogens with one attached hydrogen (secondary N) is 2. The molecule has 0 aliphatic rings. The van der Waals surface area contributed by atoms with Crippen LogP contribution in [0.1, 0.15) is 30.1 Å². The standard InChI is InChI=1S/C13H14N2O3/c1-2-5-12(16)18-15-13(17)10-8-14-11-7-4-3-6-9(10)11/h3-4,6-8,14H,2,5H2,1H3,(H,15,17). The van der Waals surface area contributed by atoms with Gasteiger partial charge in [0.15, 0.2) is 0 Å². The Labute approximate surface area is 104 Å². The zero-order valence-electron chi connectivity index (χ0n) is 10.0. The van der Waals surface area contributed by atoms with E-state index in [9.17, 15) is 9.59 Å². The van der Waals surface area contributed by atoms with E-state index in [1.54, 1.807) is 6.20 Å². The van der Waals surface area contributed by atoms with Crippen molar-refractivity contribution in [1.29, 1.82) is 0 Å². The third-order valence-corrected chi connectivity index (χ3v) is 2.55. The minimum Gasteiger partial charge on any atom is -0.360 e. The summed E-state index contributed by atoms with van der Waals surface area (Å²) in [5.41, 5.74) is 3.47. The number of benzene rings is 1. The van der Waals surface area contributed by atoms with Crippen LogP contribution < -0.4 is 5.48 Å². The van der Waals surface area contributed by atoms with E-state index in [1.807, 2.05) is 31.2 Å². The summed E-state index contributed by atoms with van der Waals surface area (Å²) in [7, 11) is 0. The van der Waals surface area contributed by atoms with Crippen LogP contribution in [0.2, 0.25) is 0 Å². The van der Waals surface area contributed by atoms with Crippen molar-refractivity contribution in [3.05, 3.63) is 36.0 Å². The molecule has 1 aromatic heterocycles. The molecule has 5 nitrogen and oxygen atoms in total. The number of para-hydroxylation sites is 1. The van der Waals surface area contributed by atoms with Gasteiger partial charge in [-0.3, -0.25) is 4.79 Å². The van der Waals surface area contributed by atoms with Crippen molar-refractivity contribution in [2.75, 3.05) is 0 Å². The number of hydroxylamine groups is 1. The largest absolute Gasteiger partial charge is 0.360 e. The Kier molecular flexibility index (Phi) is 3.62. The summed E-state index contributed by atoms with van der Waals surface area (Å²) in [6, 6.07) is 7.42. The van der Waals surface area contributed by atoms with Gasteiger partial charge in [-0.05, 0) is 12.5 Å². The quantitative estimate of drug-likeness (QED) is 0.815. The number of hydrogen-bond acceptors (Lipinski definition) is 3. The summed E-state index contributed by atoms with van der Waals surface area (Å²) in [6.45, 7) is 1.86. The van der Waals surface area contributed by atoms with Crippen molar-refractivity contribution < 1.29 is 14.4 Å². The average molecular weight is 246 g/mol. The highest BCUT2D eigenvalue weighted by Crippen LogP contribution is 2.17. The van der Waals surface area contributed by atoms with Crippen molar-refractivity contribution in [2.24, 2.45) is 0 Å². The van der Waals surface area contributed by atoms with Gasteiger partial charge in [-0.2, -0.15) is 5.48 Å². The first-order valence-corrected chi connectivity index (χ1v) is 5.78. The molecule has 0 bridgehead atoms. The molecule has 0 spiro atoms. The second kappa shape index (κ2) is 5.35. The highest BCUT2D eigenvalue weighted by molar-refractivity contribution is 6.06. The van der Waals surface area contributed by atoms with Gasteiger partial charge in [0.05, 0.1) is 5.56 Å². The normalized spacial score (nSPS) is 10.3. The maximum Gasteiger partial charge on any atom is 0.332 e. The number of aromatic nitrogens is 1. The van der Waals surface area contributed by atoms with E-state index >= 15 is 0 Å². The molecule has 2 N–H and O–H groups in total. The van der Waals surface area contributed by atoms with Crippen LogP contribution in [0.4, 0.5) is 0 Å². The highest BCUT2D eigenvalue weighted by atomic mass is 16.7. The average Bonchev–Trinajstić information content (AvgIpc) is 2.80. The third-order valence-electron chi connectivity index (χ3n) is 2.55. The first-order valence-electron chi connectivity index (χ1n) is 5.78. The number of carbonyl (C=O) groups is 2. The number of rotatable bonds is 3. The van der Waals surface area contributed by atoms with E-state index in [-0.39, 0.29) is 6.42 Å². The molecule has 0 aliphatic heterocycles. The fourth-order valence-electron chi connectivity index (χ4n) is 1.67. The highest BCUT2D eigenvalue weighted by Gasteiger charge is 2.13. The predicted octanol–water partition coefficient (Wildman–Crippen LogP) is 2.16. The Hall–Kier alpha value is -2.30. The number of fused-ring (bicyclic) bond motifs is 1. The molecule has 1 aromatic carbocycles. The van der Waals surface area contributed by atoms with Crippen molar-refractivity contribution in [3.63, 3.8) is 0 Å². The molecule has 5 heteroatoms. The molecule has 0 fully saturated rings. The zero-order chi connectivity index (χ0) is 13.0. The summed E-state index contributed by atoms with van der Waals surface area (Å²) in [4.78, 5) is 30.6. The van der Waals surface area contributed by atoms with Crippen LogP contribution in [0.15, 0.2) is 30.5 Å². The Morgan fingerprint density at radius 2 is 2.11 bits per heavy atom. The molecule has 1 heterocycles. The molecule has 18 heavy (non-hydrogen) atoms. The van der Waals surface area contributed by atoms with Crippen molar-refractivity contribution in [3.8, 4) is 0 Å². The molecule has 0 saturated carbocycles. The summed E-state index contributed by atoms with van der Waals surface area (Å²) in [5.74, 6) is -0.873. The predicted molar refractivity (Wildman–Crippen MR) is 66.8 cm³/mol. The van der Waals surface area contributed by atoms with Crippen LogP contribution in [-0.4, -0.2) is 16.9 Å². The van der Waals surface area contributed by atoms with E-state index in [0.29, 0.717) is 12.0 Å². The van der Waals surface area contributed by atoms with Gasteiger partial charge < -0.3 is 9.82 Å². The molecule has 94 valence electrons. The van der Waals surface area contributed by atoms with Gasteiger partial charge >= 0.3 is 5.97 Å². The van der Waals surface area contributed by atoms with Gasteiger partial charge in [0.25, 0.3) is 5.91 Å². The van der Waals surface area contributed by atoms with E-state index in [1.165, 1.54) is 0 Å². The second-order valence-electron chi connectivity index (χ2n) is 3.90. The summed E-state index contributed by atoms with van der Waals surface area (Å²) < 4.78 is 0. The Bertz CT molecular complexity index is 574. The number of H-pyrrole nitrogens is 1. The number of aromatic amines is 1. The molecule has 0 aliphatic carbocycles. The summed E-state index contributed by atoms with van der Waals surface area (Å²) >= 11 is 0. The molecule has 2 rings (SSSR count). The maximum atomic E-state index is 11.8. The first kappa shape index (κ1) is 12.2. The lowest BCUT2D eigenvalue weighted by molar-refractivity contribution is -0.149. The monoisotopic (exact) mass is 246 g/mol. The van der Waals surface area contributed by atoms with E-state index in [2.05, 4.69) is 15.3 Å². The fraction of sp³-hybridized carbons (Fsp3) is 0.231. The van der Waals surface area contributed by atoms with Crippen LogP contribution >= 0.6 is 0 Å². The van der Waals surface area contributed by atoms with Gasteiger partial charge in [0, 0.05) is 23.5 Å². The lowest BCUT2D eigenvalue weighted by Crippen LogP contribution is -2.26. The van der Waals surface area contributed by atoms with Crippen LogP contribution in [0.25, 0.3) is 10.9 Å². The lowest BCUT2D eigenvalue weighted by Gasteiger charge is -2.04. The Morgan fingerprint density at radius 1 is 1.33 bits per heavy atom. The van der Waals surface area contributed by atoms with Gasteiger partial charge in [0.2, 0.25) is 0 Å². The molecule has 0 saturated heterocycles.